The molecule has 5 atom stereocenters. The minimum Gasteiger partial charge on any atom is -0.307 e. The molecular weight excluding hydrogens is 468 g/mol. The van der Waals surface area contributed by atoms with Crippen LogP contribution in [0, 0.1) is 17.8 Å². The minimum atomic E-state index is -0.370. The van der Waals surface area contributed by atoms with Crippen LogP contribution in [0.15, 0.2) is 64.4 Å². The third kappa shape index (κ3) is 3.31. The second kappa shape index (κ2) is 8.06. The van der Waals surface area contributed by atoms with Crippen LogP contribution in [0.3, 0.4) is 0 Å². The van der Waals surface area contributed by atoms with Crippen LogP contribution in [0.5, 0.6) is 0 Å². The number of Topliss-reactive ketones (excluding diaryl/α,β-unsaturated/α-hetero) is 1. The van der Waals surface area contributed by atoms with Gasteiger partial charge in [-0.3, -0.25) is 24.1 Å². The van der Waals surface area contributed by atoms with E-state index in [9.17, 15) is 19.2 Å². The van der Waals surface area contributed by atoms with Gasteiger partial charge in [0.05, 0.1) is 22.5 Å². The minimum absolute atomic E-state index is 0.0270. The number of H-pyrrole nitrogens is 1. The number of hydrogen-bond donors (Lipinski definition) is 1. The molecule has 1 saturated heterocycles. The van der Waals surface area contributed by atoms with E-state index in [1.165, 1.54) is 23.2 Å². The fourth-order valence-electron chi connectivity index (χ4n) is 5.79. The zero-order valence-corrected chi connectivity index (χ0v) is 20.0. The first-order chi connectivity index (χ1) is 16.4. The third-order valence-corrected chi connectivity index (χ3v) is 9.86. The van der Waals surface area contributed by atoms with E-state index < -0.39 is 0 Å². The highest BCUT2D eigenvalue weighted by Gasteiger charge is 2.56. The number of anilines is 1. The topological polar surface area (TPSA) is 87.3 Å². The van der Waals surface area contributed by atoms with E-state index >= 15 is 0 Å². The second-order valence-corrected chi connectivity index (χ2v) is 11.5. The summed E-state index contributed by atoms with van der Waals surface area (Å²) in [5.74, 6) is -0.928. The van der Waals surface area contributed by atoms with Gasteiger partial charge in [-0.25, -0.2) is 0 Å². The van der Waals surface area contributed by atoms with Crippen LogP contribution in [0.2, 0.25) is 0 Å². The SMILES string of the molecule is CC(=O)c1ccc(N2C(=O)[C@H]3C[C@@H]4[C@@H](c5ccccc5)c5sc(=O)[nH]c5S[C@@H]4C[C@H]3C2=O)cc1. The van der Waals surface area contributed by atoms with Crippen LogP contribution in [0.1, 0.15) is 46.5 Å². The van der Waals surface area contributed by atoms with Crippen molar-refractivity contribution < 1.29 is 14.4 Å². The summed E-state index contributed by atoms with van der Waals surface area (Å²) in [6.45, 7) is 1.49. The van der Waals surface area contributed by atoms with E-state index in [-0.39, 0.29) is 51.4 Å². The molecule has 8 heteroatoms. The summed E-state index contributed by atoms with van der Waals surface area (Å²) in [5.41, 5.74) is 2.21. The molecule has 1 aliphatic carbocycles. The number of rotatable bonds is 3. The van der Waals surface area contributed by atoms with Gasteiger partial charge < -0.3 is 4.98 Å². The Balaban J connectivity index is 1.36. The van der Waals surface area contributed by atoms with Gasteiger partial charge in [0, 0.05) is 21.6 Å². The molecule has 3 aromatic rings. The van der Waals surface area contributed by atoms with Crippen molar-refractivity contribution in [3.8, 4) is 0 Å². The largest absolute Gasteiger partial charge is 0.307 e. The standard InChI is InChI=1S/C26H22N2O4S2/c1-13(29)14-7-9-16(10-8-14)28-24(30)17-11-19-20(12-18(17)25(28)31)33-23-22(34-26(32)27-23)21(19)15-5-3-2-4-6-15/h2-10,17-21H,11-12H2,1H3,(H,27,32)/t17-,18+,19-,20+,21+/m0/s1. The highest BCUT2D eigenvalue weighted by molar-refractivity contribution is 8.00. The molecule has 2 aliphatic heterocycles. The monoisotopic (exact) mass is 490 g/mol. The Hall–Kier alpha value is -2.97. The van der Waals surface area contributed by atoms with Crippen LogP contribution >= 0.6 is 23.1 Å². The van der Waals surface area contributed by atoms with Crippen molar-refractivity contribution in [1.29, 1.82) is 0 Å². The molecule has 3 aliphatic rings. The van der Waals surface area contributed by atoms with Crippen LogP contribution in [-0.2, 0) is 9.59 Å². The Bertz CT molecular complexity index is 1360. The first kappa shape index (κ1) is 21.6. The van der Waals surface area contributed by atoms with Gasteiger partial charge in [-0.2, -0.15) is 0 Å². The van der Waals surface area contributed by atoms with E-state index in [0.29, 0.717) is 24.1 Å². The zero-order chi connectivity index (χ0) is 23.6. The Morgan fingerprint density at radius 3 is 2.29 bits per heavy atom. The maximum Gasteiger partial charge on any atom is 0.305 e. The number of nitrogens with one attached hydrogen (secondary N) is 1. The maximum absolute atomic E-state index is 13.5. The number of ketones is 1. The number of nitrogens with zero attached hydrogens (tertiary/aromatic N) is 1. The number of thioether (sulfide) groups is 1. The number of carbonyl (C=O) groups is 3. The van der Waals surface area contributed by atoms with Crippen molar-refractivity contribution in [2.75, 3.05) is 4.90 Å². The molecule has 2 aromatic carbocycles. The summed E-state index contributed by atoms with van der Waals surface area (Å²) in [5, 5.41) is 1.04. The lowest BCUT2D eigenvalue weighted by molar-refractivity contribution is -0.122. The molecule has 2 fully saturated rings. The molecule has 0 unspecified atom stereocenters. The Kier molecular flexibility index (Phi) is 5.11. The Labute approximate surface area is 204 Å². The molecule has 0 spiro atoms. The molecular formula is C26H22N2O4S2. The number of carbonyl (C=O) groups excluding carboxylic acids is 3. The molecule has 2 amide bonds. The van der Waals surface area contributed by atoms with Crippen molar-refractivity contribution in [1.82, 2.24) is 4.98 Å². The molecule has 0 bridgehead atoms. The zero-order valence-electron chi connectivity index (χ0n) is 18.4. The molecule has 3 heterocycles. The van der Waals surface area contributed by atoms with E-state index in [1.807, 2.05) is 18.2 Å². The molecule has 172 valence electrons. The first-order valence-electron chi connectivity index (χ1n) is 11.4. The number of fused-ring (bicyclic) bond motifs is 3. The van der Waals surface area contributed by atoms with Crippen LogP contribution in [-0.4, -0.2) is 27.8 Å². The summed E-state index contributed by atoms with van der Waals surface area (Å²) in [6, 6.07) is 16.8. The molecule has 1 aromatic heterocycles. The van der Waals surface area contributed by atoms with Gasteiger partial charge in [0.15, 0.2) is 5.78 Å². The van der Waals surface area contributed by atoms with Crippen LogP contribution < -0.4 is 9.77 Å². The number of amides is 2. The van der Waals surface area contributed by atoms with E-state index in [1.54, 1.807) is 36.0 Å². The fourth-order valence-corrected chi connectivity index (χ4v) is 8.51. The molecule has 6 rings (SSSR count). The van der Waals surface area contributed by atoms with E-state index in [0.717, 1.165) is 15.5 Å². The molecule has 34 heavy (non-hydrogen) atoms. The van der Waals surface area contributed by atoms with Crippen LogP contribution in [0.4, 0.5) is 5.69 Å². The summed E-state index contributed by atoms with van der Waals surface area (Å²) >= 11 is 2.90. The lowest BCUT2D eigenvalue weighted by atomic mass is 9.68. The number of aromatic amines is 1. The van der Waals surface area contributed by atoms with E-state index in [2.05, 4.69) is 17.1 Å². The van der Waals surface area contributed by atoms with Gasteiger partial charge in [-0.15, -0.1) is 11.8 Å². The fraction of sp³-hybridized carbons (Fsp3) is 0.308. The normalized spacial score (nSPS) is 27.8. The number of imide groups is 1. The van der Waals surface area contributed by atoms with Gasteiger partial charge >= 0.3 is 4.87 Å². The third-order valence-electron chi connectivity index (χ3n) is 7.36. The smallest absolute Gasteiger partial charge is 0.305 e. The lowest BCUT2D eigenvalue weighted by Gasteiger charge is -2.43. The van der Waals surface area contributed by atoms with Gasteiger partial charge in [0.2, 0.25) is 11.8 Å². The Morgan fingerprint density at radius 1 is 0.941 bits per heavy atom. The Morgan fingerprint density at radius 2 is 1.62 bits per heavy atom. The average molecular weight is 491 g/mol. The number of hydrogen-bond acceptors (Lipinski definition) is 6. The van der Waals surface area contributed by atoms with Crippen molar-refractivity contribution in [3.05, 3.63) is 80.3 Å². The van der Waals surface area contributed by atoms with Crippen molar-refractivity contribution in [3.63, 3.8) is 0 Å². The maximum atomic E-state index is 13.5. The highest BCUT2D eigenvalue weighted by Crippen LogP contribution is 2.57. The van der Waals surface area contributed by atoms with Gasteiger partial charge in [-0.1, -0.05) is 41.7 Å². The van der Waals surface area contributed by atoms with E-state index in [4.69, 9.17) is 0 Å². The molecule has 0 radical (unpaired) electrons. The van der Waals surface area contributed by atoms with Gasteiger partial charge in [-0.05, 0) is 55.5 Å². The summed E-state index contributed by atoms with van der Waals surface area (Å²) < 4.78 is 0. The quantitative estimate of drug-likeness (QED) is 0.433. The summed E-state index contributed by atoms with van der Waals surface area (Å²) in [4.78, 5) is 56.1. The summed E-state index contributed by atoms with van der Waals surface area (Å²) in [6.07, 6.45) is 1.22. The van der Waals surface area contributed by atoms with Crippen LogP contribution in [0.25, 0.3) is 0 Å². The van der Waals surface area contributed by atoms with Gasteiger partial charge in [0.25, 0.3) is 0 Å². The average Bonchev–Trinajstić information content (AvgIpc) is 3.32. The van der Waals surface area contributed by atoms with Crippen molar-refractivity contribution in [2.24, 2.45) is 17.8 Å². The predicted octanol–water partition coefficient (Wildman–Crippen LogP) is 4.46. The lowest BCUT2D eigenvalue weighted by Crippen LogP contribution is -2.40. The number of benzene rings is 2. The molecule has 1 saturated carbocycles. The first-order valence-corrected chi connectivity index (χ1v) is 13.1. The molecule has 6 nitrogen and oxygen atoms in total. The van der Waals surface area contributed by atoms with Gasteiger partial charge in [0.1, 0.15) is 0 Å². The number of aromatic nitrogens is 1. The summed E-state index contributed by atoms with van der Waals surface area (Å²) in [7, 11) is 0. The number of thiazole rings is 1. The highest BCUT2D eigenvalue weighted by atomic mass is 32.2. The van der Waals surface area contributed by atoms with Crippen molar-refractivity contribution >= 4 is 46.4 Å². The second-order valence-electron chi connectivity index (χ2n) is 9.22. The van der Waals surface area contributed by atoms with Crippen molar-refractivity contribution in [2.45, 2.75) is 36.0 Å². The predicted molar refractivity (Wildman–Crippen MR) is 132 cm³/mol. The molecule has 1 N–H and O–H groups in total.